The molecular formula is C17H29N3. The number of likely N-dealkylation sites (N-methyl/N-ethyl adjacent to an activating group) is 1. The summed E-state index contributed by atoms with van der Waals surface area (Å²) >= 11 is 0. The molecule has 1 saturated carbocycles. The average molecular weight is 275 g/mol. The first-order valence-corrected chi connectivity index (χ1v) is 7.96. The molecule has 0 aromatic carbocycles. The fourth-order valence-electron chi connectivity index (χ4n) is 3.88. The molecule has 1 aromatic heterocycles. The van der Waals surface area contributed by atoms with Crippen LogP contribution >= 0.6 is 0 Å². The first-order valence-electron chi connectivity index (χ1n) is 7.96. The fourth-order valence-corrected chi connectivity index (χ4v) is 3.88. The van der Waals surface area contributed by atoms with Crippen molar-refractivity contribution in [2.45, 2.75) is 52.1 Å². The van der Waals surface area contributed by atoms with Crippen LogP contribution in [0.4, 0.5) is 0 Å². The molecule has 1 aliphatic carbocycles. The maximum absolute atomic E-state index is 6.25. The largest absolute Gasteiger partial charge is 0.329 e. The van der Waals surface area contributed by atoms with Crippen molar-refractivity contribution < 1.29 is 0 Å². The monoisotopic (exact) mass is 275 g/mol. The van der Waals surface area contributed by atoms with Crippen molar-refractivity contribution >= 4 is 0 Å². The highest BCUT2D eigenvalue weighted by molar-refractivity contribution is 5.11. The highest BCUT2D eigenvalue weighted by Gasteiger charge is 2.43. The van der Waals surface area contributed by atoms with Crippen LogP contribution in [0.1, 0.15) is 45.6 Å². The smallest absolute Gasteiger partial charge is 0.0360 e. The number of nitrogens with zero attached hydrogens (tertiary/aromatic N) is 2. The third-order valence-corrected chi connectivity index (χ3v) is 5.23. The summed E-state index contributed by atoms with van der Waals surface area (Å²) in [6, 6.07) is 4.23. The highest BCUT2D eigenvalue weighted by atomic mass is 15.2. The van der Waals surface area contributed by atoms with E-state index in [1.54, 1.807) is 0 Å². The summed E-state index contributed by atoms with van der Waals surface area (Å²) in [5, 5.41) is 0. The van der Waals surface area contributed by atoms with E-state index in [9.17, 15) is 0 Å². The lowest BCUT2D eigenvalue weighted by molar-refractivity contribution is -0.00276. The Morgan fingerprint density at radius 2 is 2.05 bits per heavy atom. The maximum atomic E-state index is 6.25. The van der Waals surface area contributed by atoms with Crippen LogP contribution in [0.3, 0.4) is 0 Å². The van der Waals surface area contributed by atoms with Crippen molar-refractivity contribution in [2.75, 3.05) is 13.1 Å². The van der Waals surface area contributed by atoms with Gasteiger partial charge in [0.1, 0.15) is 0 Å². The summed E-state index contributed by atoms with van der Waals surface area (Å²) in [6.45, 7) is 9.81. The molecule has 0 bridgehead atoms. The first kappa shape index (κ1) is 15.5. The quantitative estimate of drug-likeness (QED) is 0.898. The minimum atomic E-state index is 0.171. The zero-order valence-electron chi connectivity index (χ0n) is 13.2. The zero-order chi connectivity index (χ0) is 14.6. The molecule has 3 nitrogen and oxygen atoms in total. The normalized spacial score (nSPS) is 30.6. The summed E-state index contributed by atoms with van der Waals surface area (Å²) < 4.78 is 0. The van der Waals surface area contributed by atoms with E-state index in [2.05, 4.69) is 42.8 Å². The Hall–Kier alpha value is -0.930. The molecule has 3 atom stereocenters. The van der Waals surface area contributed by atoms with Gasteiger partial charge >= 0.3 is 0 Å². The Bertz CT molecular complexity index is 406. The van der Waals surface area contributed by atoms with Crippen LogP contribution in [0.2, 0.25) is 0 Å². The summed E-state index contributed by atoms with van der Waals surface area (Å²) in [6.07, 6.45) is 7.58. The lowest BCUT2D eigenvalue weighted by Gasteiger charge is -2.51. The lowest BCUT2D eigenvalue weighted by Crippen LogP contribution is -2.59. The number of aromatic nitrogens is 1. The second-order valence-electron chi connectivity index (χ2n) is 6.46. The standard InChI is InChI=1S/C17H29N3/c1-4-20(12-16-6-9-19-10-7-16)17(13-18)8-5-14(2)11-15(17)3/h6-7,9-10,14-15H,4-5,8,11-13,18H2,1-3H3. The van der Waals surface area contributed by atoms with Crippen LogP contribution in [-0.4, -0.2) is 28.5 Å². The minimum absolute atomic E-state index is 0.171. The van der Waals surface area contributed by atoms with Gasteiger partial charge in [0.05, 0.1) is 0 Å². The van der Waals surface area contributed by atoms with Crippen molar-refractivity contribution in [3.8, 4) is 0 Å². The Balaban J connectivity index is 2.19. The van der Waals surface area contributed by atoms with E-state index < -0.39 is 0 Å². The molecule has 0 spiro atoms. The Morgan fingerprint density at radius 3 is 2.60 bits per heavy atom. The predicted molar refractivity (Wildman–Crippen MR) is 84.3 cm³/mol. The third kappa shape index (κ3) is 3.04. The second-order valence-corrected chi connectivity index (χ2v) is 6.46. The molecule has 3 heteroatoms. The van der Waals surface area contributed by atoms with Crippen LogP contribution in [0, 0.1) is 11.8 Å². The molecule has 1 heterocycles. The summed E-state index contributed by atoms with van der Waals surface area (Å²) in [5.74, 6) is 1.50. The molecule has 0 aliphatic heterocycles. The SMILES string of the molecule is CCN(Cc1ccncc1)C1(CN)CCC(C)CC1C. The van der Waals surface area contributed by atoms with Crippen molar-refractivity contribution in [1.29, 1.82) is 0 Å². The lowest BCUT2D eigenvalue weighted by atomic mass is 9.69. The average Bonchev–Trinajstić information content (AvgIpc) is 2.47. The van der Waals surface area contributed by atoms with E-state index in [4.69, 9.17) is 5.73 Å². The number of pyridine rings is 1. The van der Waals surface area contributed by atoms with Gasteiger partial charge in [-0.1, -0.05) is 20.8 Å². The molecule has 2 N–H and O–H groups in total. The molecule has 1 fully saturated rings. The molecule has 1 aromatic rings. The van der Waals surface area contributed by atoms with Crippen LogP contribution in [0.5, 0.6) is 0 Å². The van der Waals surface area contributed by atoms with E-state index >= 15 is 0 Å². The van der Waals surface area contributed by atoms with Crippen molar-refractivity contribution in [3.05, 3.63) is 30.1 Å². The number of nitrogens with two attached hydrogens (primary N) is 1. The van der Waals surface area contributed by atoms with Gasteiger partial charge in [0.15, 0.2) is 0 Å². The van der Waals surface area contributed by atoms with E-state index in [1.807, 2.05) is 12.4 Å². The van der Waals surface area contributed by atoms with Gasteiger partial charge in [0.25, 0.3) is 0 Å². The van der Waals surface area contributed by atoms with Crippen LogP contribution in [-0.2, 0) is 6.54 Å². The van der Waals surface area contributed by atoms with Crippen molar-refractivity contribution in [3.63, 3.8) is 0 Å². The number of hydrogen-bond acceptors (Lipinski definition) is 3. The topological polar surface area (TPSA) is 42.2 Å². The molecule has 0 saturated heterocycles. The predicted octanol–water partition coefficient (Wildman–Crippen LogP) is 3.06. The van der Waals surface area contributed by atoms with Gasteiger partial charge in [-0.3, -0.25) is 9.88 Å². The van der Waals surface area contributed by atoms with Gasteiger partial charge in [0, 0.05) is 31.0 Å². The maximum Gasteiger partial charge on any atom is 0.0360 e. The zero-order valence-corrected chi connectivity index (χ0v) is 13.2. The van der Waals surface area contributed by atoms with E-state index in [0.717, 1.165) is 25.6 Å². The van der Waals surface area contributed by atoms with Gasteiger partial charge in [-0.25, -0.2) is 0 Å². The number of rotatable bonds is 5. The molecule has 112 valence electrons. The molecule has 20 heavy (non-hydrogen) atoms. The molecule has 3 unspecified atom stereocenters. The van der Waals surface area contributed by atoms with Gasteiger partial charge in [-0.05, 0) is 55.3 Å². The third-order valence-electron chi connectivity index (χ3n) is 5.23. The van der Waals surface area contributed by atoms with Crippen LogP contribution < -0.4 is 5.73 Å². The van der Waals surface area contributed by atoms with E-state index in [-0.39, 0.29) is 5.54 Å². The van der Waals surface area contributed by atoms with E-state index in [0.29, 0.717) is 5.92 Å². The minimum Gasteiger partial charge on any atom is -0.329 e. The Labute approximate surface area is 123 Å². The van der Waals surface area contributed by atoms with E-state index in [1.165, 1.54) is 24.8 Å². The second kappa shape index (κ2) is 6.68. The van der Waals surface area contributed by atoms with Crippen LogP contribution in [0.25, 0.3) is 0 Å². The Morgan fingerprint density at radius 1 is 1.35 bits per heavy atom. The first-order chi connectivity index (χ1) is 9.62. The molecular weight excluding hydrogens is 246 g/mol. The van der Waals surface area contributed by atoms with Crippen molar-refractivity contribution in [2.24, 2.45) is 17.6 Å². The van der Waals surface area contributed by atoms with Crippen LogP contribution in [0.15, 0.2) is 24.5 Å². The summed E-state index contributed by atoms with van der Waals surface area (Å²) in [4.78, 5) is 6.71. The fraction of sp³-hybridized carbons (Fsp3) is 0.706. The van der Waals surface area contributed by atoms with Gasteiger partial charge in [0.2, 0.25) is 0 Å². The summed E-state index contributed by atoms with van der Waals surface area (Å²) in [5.41, 5.74) is 7.76. The highest BCUT2D eigenvalue weighted by Crippen LogP contribution is 2.40. The van der Waals surface area contributed by atoms with Gasteiger partial charge in [-0.15, -0.1) is 0 Å². The van der Waals surface area contributed by atoms with Crippen molar-refractivity contribution in [1.82, 2.24) is 9.88 Å². The van der Waals surface area contributed by atoms with Gasteiger partial charge < -0.3 is 5.73 Å². The van der Waals surface area contributed by atoms with Gasteiger partial charge in [-0.2, -0.15) is 0 Å². The molecule has 0 amide bonds. The molecule has 1 aliphatic rings. The molecule has 2 rings (SSSR count). The Kier molecular flexibility index (Phi) is 5.17. The summed E-state index contributed by atoms with van der Waals surface area (Å²) in [7, 11) is 0. The number of hydrogen-bond donors (Lipinski definition) is 1. The molecule has 0 radical (unpaired) electrons.